The van der Waals surface area contributed by atoms with E-state index in [4.69, 9.17) is 4.74 Å². The molecule has 1 aromatic carbocycles. The maximum atomic E-state index is 12.7. The zero-order valence-corrected chi connectivity index (χ0v) is 13.9. The first kappa shape index (κ1) is 14.2. The fourth-order valence-electron chi connectivity index (χ4n) is 4.38. The van der Waals surface area contributed by atoms with E-state index in [1.165, 1.54) is 5.56 Å². The molecular formula is C17H18BrNO3. The number of hydrogen-bond donors (Lipinski definition) is 1. The average molecular weight is 364 g/mol. The molecule has 2 saturated carbocycles. The maximum absolute atomic E-state index is 12.7. The summed E-state index contributed by atoms with van der Waals surface area (Å²) in [6.07, 6.45) is 1.85. The molecule has 2 bridgehead atoms. The van der Waals surface area contributed by atoms with Crippen molar-refractivity contribution in [1.29, 1.82) is 0 Å². The second kappa shape index (κ2) is 5.08. The molecule has 6 atom stereocenters. The van der Waals surface area contributed by atoms with Crippen LogP contribution in [0.25, 0.3) is 0 Å². The minimum atomic E-state index is -0.272. The number of carbonyl (C=O) groups excluding carboxylic acids is 2. The van der Waals surface area contributed by atoms with Crippen LogP contribution in [0.3, 0.4) is 0 Å². The van der Waals surface area contributed by atoms with E-state index in [1.807, 2.05) is 24.3 Å². The van der Waals surface area contributed by atoms with Gasteiger partial charge in [0.1, 0.15) is 6.10 Å². The normalized spacial score (nSPS) is 38.2. The minimum Gasteiger partial charge on any atom is -0.461 e. The molecule has 3 fully saturated rings. The zero-order chi connectivity index (χ0) is 15.4. The van der Waals surface area contributed by atoms with E-state index < -0.39 is 0 Å². The number of halogens is 1. The largest absolute Gasteiger partial charge is 0.461 e. The van der Waals surface area contributed by atoms with Gasteiger partial charge in [0.25, 0.3) is 0 Å². The van der Waals surface area contributed by atoms with Gasteiger partial charge in [0.05, 0.1) is 16.7 Å². The Bertz CT molecular complexity index is 629. The number of anilines is 1. The van der Waals surface area contributed by atoms with E-state index >= 15 is 0 Å². The molecule has 5 heteroatoms. The molecule has 4 rings (SSSR count). The minimum absolute atomic E-state index is 0.0320. The lowest BCUT2D eigenvalue weighted by atomic mass is 9.79. The van der Waals surface area contributed by atoms with Crippen molar-refractivity contribution in [1.82, 2.24) is 0 Å². The summed E-state index contributed by atoms with van der Waals surface area (Å²) in [7, 11) is 0. The summed E-state index contributed by atoms with van der Waals surface area (Å²) < 4.78 is 5.45. The molecule has 0 aromatic heterocycles. The lowest BCUT2D eigenvalue weighted by Gasteiger charge is -2.27. The van der Waals surface area contributed by atoms with Gasteiger partial charge in [-0.25, -0.2) is 0 Å². The van der Waals surface area contributed by atoms with Crippen molar-refractivity contribution in [3.05, 3.63) is 29.8 Å². The Morgan fingerprint density at radius 1 is 1.32 bits per heavy atom. The highest BCUT2D eigenvalue weighted by Crippen LogP contribution is 2.60. The molecule has 1 saturated heterocycles. The summed E-state index contributed by atoms with van der Waals surface area (Å²) in [6.45, 7) is 2.10. The first-order valence-electron chi connectivity index (χ1n) is 7.84. The van der Waals surface area contributed by atoms with Crippen molar-refractivity contribution in [2.24, 2.45) is 23.7 Å². The number of amides is 1. The molecule has 2 aliphatic carbocycles. The molecule has 1 heterocycles. The Hall–Kier alpha value is -1.36. The first-order chi connectivity index (χ1) is 10.6. The van der Waals surface area contributed by atoms with E-state index in [9.17, 15) is 9.59 Å². The van der Waals surface area contributed by atoms with Crippen LogP contribution < -0.4 is 5.32 Å². The van der Waals surface area contributed by atoms with Crippen molar-refractivity contribution < 1.29 is 14.3 Å². The summed E-state index contributed by atoms with van der Waals surface area (Å²) in [5.74, 6) is -0.365. The Morgan fingerprint density at radius 3 is 2.73 bits per heavy atom. The molecule has 1 aliphatic heterocycles. The number of rotatable bonds is 3. The predicted molar refractivity (Wildman–Crippen MR) is 85.6 cm³/mol. The van der Waals surface area contributed by atoms with Gasteiger partial charge >= 0.3 is 5.97 Å². The topological polar surface area (TPSA) is 55.4 Å². The third-order valence-corrected chi connectivity index (χ3v) is 6.66. The molecular weight excluding hydrogens is 346 g/mol. The molecule has 22 heavy (non-hydrogen) atoms. The molecule has 1 N–H and O–H groups in total. The van der Waals surface area contributed by atoms with Crippen molar-refractivity contribution in [2.75, 3.05) is 5.32 Å². The highest BCUT2D eigenvalue weighted by atomic mass is 79.9. The van der Waals surface area contributed by atoms with Gasteiger partial charge in [-0.15, -0.1) is 0 Å². The lowest BCUT2D eigenvalue weighted by molar-refractivity contribution is -0.145. The smallest absolute Gasteiger partial charge is 0.310 e. The summed E-state index contributed by atoms with van der Waals surface area (Å²) >= 11 is 3.63. The molecule has 1 amide bonds. The number of esters is 1. The summed E-state index contributed by atoms with van der Waals surface area (Å²) in [5, 5.41) is 2.98. The SMILES string of the molecule is CCc1ccc(NC(=O)[C@@H]2[C@H]3C[C@H]4[C@H](OC(=O)[C@@H]42)[C@@H]3Br)cc1. The van der Waals surface area contributed by atoms with Crippen LogP contribution in [0.15, 0.2) is 24.3 Å². The molecule has 1 aromatic rings. The molecule has 0 radical (unpaired) electrons. The summed E-state index contributed by atoms with van der Waals surface area (Å²) in [6, 6.07) is 7.88. The van der Waals surface area contributed by atoms with Crippen molar-refractivity contribution in [2.45, 2.75) is 30.7 Å². The number of ether oxygens (including phenoxy) is 1. The summed E-state index contributed by atoms with van der Waals surface area (Å²) in [5.41, 5.74) is 2.03. The van der Waals surface area contributed by atoms with Gasteiger partial charge in [-0.2, -0.15) is 0 Å². The number of benzene rings is 1. The molecule has 0 spiro atoms. The van der Waals surface area contributed by atoms with Gasteiger partial charge in [-0.3, -0.25) is 9.59 Å². The van der Waals surface area contributed by atoms with E-state index in [2.05, 4.69) is 28.2 Å². The van der Waals surface area contributed by atoms with Crippen molar-refractivity contribution in [3.63, 3.8) is 0 Å². The Morgan fingerprint density at radius 2 is 2.05 bits per heavy atom. The second-order valence-electron chi connectivity index (χ2n) is 6.50. The standard InChI is InChI=1S/C17H18BrNO3/c1-2-8-3-5-9(6-4-8)19-16(20)12-10-7-11-13(12)17(21)22-15(11)14(10)18/h3-6,10-15H,2,7H2,1H3,(H,19,20)/t10-,11-,12-,13+,14-,15+/m1/s1. The van der Waals surface area contributed by atoms with Crippen LogP contribution in [-0.2, 0) is 20.7 Å². The van der Waals surface area contributed by atoms with Crippen LogP contribution in [0.5, 0.6) is 0 Å². The lowest BCUT2D eigenvalue weighted by Crippen LogP contribution is -2.40. The van der Waals surface area contributed by atoms with Crippen molar-refractivity contribution in [3.8, 4) is 0 Å². The Balaban J connectivity index is 1.54. The first-order valence-corrected chi connectivity index (χ1v) is 8.76. The third-order valence-electron chi connectivity index (χ3n) is 5.46. The Labute approximate surface area is 137 Å². The average Bonchev–Trinajstić information content (AvgIpc) is 3.12. The number of alkyl halides is 1. The van der Waals surface area contributed by atoms with E-state index in [1.54, 1.807) is 0 Å². The van der Waals surface area contributed by atoms with Gasteiger partial charge < -0.3 is 10.1 Å². The fourth-order valence-corrected chi connectivity index (χ4v) is 5.42. The maximum Gasteiger partial charge on any atom is 0.310 e. The number of hydrogen-bond acceptors (Lipinski definition) is 3. The van der Waals surface area contributed by atoms with E-state index in [0.29, 0.717) is 0 Å². The number of carbonyl (C=O) groups is 2. The highest BCUT2D eigenvalue weighted by Gasteiger charge is 2.67. The van der Waals surface area contributed by atoms with E-state index in [0.717, 1.165) is 18.5 Å². The number of aryl methyl sites for hydroxylation is 1. The number of nitrogens with one attached hydrogen (secondary N) is 1. The van der Waals surface area contributed by atoms with E-state index in [-0.39, 0.29) is 46.5 Å². The summed E-state index contributed by atoms with van der Waals surface area (Å²) in [4.78, 5) is 24.9. The van der Waals surface area contributed by atoms with Crippen LogP contribution >= 0.6 is 15.9 Å². The van der Waals surface area contributed by atoms with Gasteiger partial charge in [0.15, 0.2) is 0 Å². The Kier molecular flexibility index (Phi) is 3.29. The van der Waals surface area contributed by atoms with Crippen LogP contribution in [0, 0.1) is 23.7 Å². The van der Waals surface area contributed by atoms with Gasteiger partial charge in [-0.1, -0.05) is 35.0 Å². The predicted octanol–water partition coefficient (Wildman–Crippen LogP) is 2.76. The quantitative estimate of drug-likeness (QED) is 0.663. The third kappa shape index (κ3) is 1.94. The van der Waals surface area contributed by atoms with Crippen LogP contribution in [0.1, 0.15) is 18.9 Å². The zero-order valence-electron chi connectivity index (χ0n) is 12.3. The van der Waals surface area contributed by atoms with Gasteiger partial charge in [0, 0.05) is 11.6 Å². The van der Waals surface area contributed by atoms with Gasteiger partial charge in [0.2, 0.25) is 5.91 Å². The monoisotopic (exact) mass is 363 g/mol. The van der Waals surface area contributed by atoms with Crippen LogP contribution in [0.4, 0.5) is 5.69 Å². The molecule has 4 nitrogen and oxygen atoms in total. The molecule has 0 unspecified atom stereocenters. The van der Waals surface area contributed by atoms with Crippen molar-refractivity contribution >= 4 is 33.5 Å². The van der Waals surface area contributed by atoms with Crippen LogP contribution in [0.2, 0.25) is 0 Å². The molecule has 3 aliphatic rings. The van der Waals surface area contributed by atoms with Crippen LogP contribution in [-0.4, -0.2) is 22.8 Å². The fraction of sp³-hybridized carbons (Fsp3) is 0.529. The molecule has 116 valence electrons. The highest BCUT2D eigenvalue weighted by molar-refractivity contribution is 9.09. The second-order valence-corrected chi connectivity index (χ2v) is 7.56. The number of fused-ring (bicyclic) bond motifs is 1. The van der Waals surface area contributed by atoms with Gasteiger partial charge in [-0.05, 0) is 36.5 Å².